The summed E-state index contributed by atoms with van der Waals surface area (Å²) in [6.45, 7) is 9.84. The van der Waals surface area contributed by atoms with Gasteiger partial charge < -0.3 is 4.90 Å². The second kappa shape index (κ2) is 9.70. The minimum atomic E-state index is 0. The molecule has 0 radical (unpaired) electrons. The number of amides is 1. The highest BCUT2D eigenvalue weighted by molar-refractivity contribution is 7.22. The number of aryl methyl sites for hydroxylation is 4. The molecule has 1 heterocycles. The molecule has 4 nitrogen and oxygen atoms in total. The Morgan fingerprint density at radius 1 is 1.00 bits per heavy atom. The van der Waals surface area contributed by atoms with E-state index in [4.69, 9.17) is 4.98 Å². The summed E-state index contributed by atoms with van der Waals surface area (Å²) in [6.07, 6.45) is 0.900. The molecule has 1 aromatic heterocycles. The van der Waals surface area contributed by atoms with Crippen LogP contribution in [-0.2, 0) is 0 Å². The first-order chi connectivity index (χ1) is 13.3. The largest absolute Gasteiger partial charge is 0.309 e. The Balaban J connectivity index is 0.00000300. The summed E-state index contributed by atoms with van der Waals surface area (Å²) in [4.78, 5) is 22.3. The summed E-state index contributed by atoms with van der Waals surface area (Å²) in [5, 5.41) is 0.785. The zero-order chi connectivity index (χ0) is 20.4. The molecular weight excluding hydrogens is 402 g/mol. The summed E-state index contributed by atoms with van der Waals surface area (Å²) < 4.78 is 1.13. The van der Waals surface area contributed by atoms with Gasteiger partial charge in [0.25, 0.3) is 5.91 Å². The summed E-state index contributed by atoms with van der Waals surface area (Å²) >= 11 is 1.60. The Labute approximate surface area is 184 Å². The van der Waals surface area contributed by atoms with Gasteiger partial charge in [0.1, 0.15) is 0 Å². The molecule has 0 unspecified atom stereocenters. The molecule has 0 aliphatic heterocycles. The lowest BCUT2D eigenvalue weighted by Crippen LogP contribution is -2.33. The maximum Gasteiger partial charge on any atom is 0.260 e. The number of halogens is 1. The van der Waals surface area contributed by atoms with Crippen LogP contribution in [0.15, 0.2) is 30.3 Å². The number of hydrogen-bond donors (Lipinski definition) is 0. The van der Waals surface area contributed by atoms with Gasteiger partial charge in [-0.3, -0.25) is 9.69 Å². The van der Waals surface area contributed by atoms with Crippen molar-refractivity contribution >= 4 is 45.0 Å². The van der Waals surface area contributed by atoms with Crippen LogP contribution in [0.3, 0.4) is 0 Å². The molecule has 156 valence electrons. The maximum atomic E-state index is 13.5. The lowest BCUT2D eigenvalue weighted by molar-refractivity contribution is 0.0985. The highest BCUT2D eigenvalue weighted by Gasteiger charge is 2.23. The second-order valence-electron chi connectivity index (χ2n) is 7.78. The first kappa shape index (κ1) is 23.3. The summed E-state index contributed by atoms with van der Waals surface area (Å²) in [5.41, 5.74) is 6.35. The zero-order valence-corrected chi connectivity index (χ0v) is 19.7. The molecule has 3 rings (SSSR count). The lowest BCUT2D eigenvalue weighted by atomic mass is 10.0. The molecule has 29 heavy (non-hydrogen) atoms. The van der Waals surface area contributed by atoms with Crippen LogP contribution >= 0.6 is 23.7 Å². The van der Waals surface area contributed by atoms with Crippen LogP contribution in [0.25, 0.3) is 10.2 Å². The quantitative estimate of drug-likeness (QED) is 0.513. The molecular formula is C23H30ClN3OS. The molecule has 0 atom stereocenters. The topological polar surface area (TPSA) is 36.4 Å². The van der Waals surface area contributed by atoms with Crippen LogP contribution in [0.4, 0.5) is 5.13 Å². The van der Waals surface area contributed by atoms with Crippen molar-refractivity contribution in [3.8, 4) is 0 Å². The van der Waals surface area contributed by atoms with Gasteiger partial charge in [-0.25, -0.2) is 4.98 Å². The van der Waals surface area contributed by atoms with E-state index in [1.807, 2.05) is 24.0 Å². The maximum absolute atomic E-state index is 13.5. The van der Waals surface area contributed by atoms with E-state index in [1.54, 1.807) is 11.3 Å². The third kappa shape index (κ3) is 5.16. The highest BCUT2D eigenvalue weighted by Crippen LogP contribution is 2.33. The van der Waals surface area contributed by atoms with Crippen molar-refractivity contribution < 1.29 is 4.79 Å². The third-order valence-electron chi connectivity index (χ3n) is 5.15. The van der Waals surface area contributed by atoms with E-state index < -0.39 is 0 Å². The van der Waals surface area contributed by atoms with Gasteiger partial charge in [0.15, 0.2) is 5.13 Å². The van der Waals surface area contributed by atoms with E-state index >= 15 is 0 Å². The average Bonchev–Trinajstić information content (AvgIpc) is 3.06. The van der Waals surface area contributed by atoms with E-state index in [0.29, 0.717) is 6.54 Å². The standard InChI is InChI=1S/C23H29N3OS.ClH/c1-15-8-10-19(17(3)14-15)22(27)26(13-7-12-25(5)6)23-24-21-18(4)16(2)9-11-20(21)28-23;/h8-11,14H,7,12-13H2,1-6H3;1H. The molecule has 0 aliphatic carbocycles. The molecule has 0 saturated heterocycles. The van der Waals surface area contributed by atoms with Crippen LogP contribution in [0.1, 0.15) is 39.0 Å². The smallest absolute Gasteiger partial charge is 0.260 e. The third-order valence-corrected chi connectivity index (χ3v) is 6.19. The van der Waals surface area contributed by atoms with E-state index in [-0.39, 0.29) is 18.3 Å². The van der Waals surface area contributed by atoms with Crippen molar-refractivity contribution in [2.24, 2.45) is 0 Å². The van der Waals surface area contributed by atoms with Gasteiger partial charge in [0.2, 0.25) is 0 Å². The van der Waals surface area contributed by atoms with Crippen molar-refractivity contribution in [2.45, 2.75) is 34.1 Å². The van der Waals surface area contributed by atoms with Crippen LogP contribution < -0.4 is 4.90 Å². The Bertz CT molecular complexity index is 1010. The molecule has 0 bridgehead atoms. The van der Waals surface area contributed by atoms with Crippen LogP contribution in [0, 0.1) is 27.7 Å². The Hall–Kier alpha value is -1.95. The van der Waals surface area contributed by atoms with Crippen molar-refractivity contribution in [3.05, 3.63) is 58.1 Å². The van der Waals surface area contributed by atoms with Gasteiger partial charge in [-0.1, -0.05) is 35.1 Å². The molecule has 0 saturated carbocycles. The molecule has 0 aliphatic rings. The first-order valence-corrected chi connectivity index (χ1v) is 10.5. The predicted octanol–water partition coefficient (Wildman–Crippen LogP) is 5.55. The predicted molar refractivity (Wildman–Crippen MR) is 127 cm³/mol. The molecule has 6 heteroatoms. The number of anilines is 1. The SMILES string of the molecule is Cc1ccc(C(=O)N(CCCN(C)C)c2nc3c(C)c(C)ccc3s2)c(C)c1.Cl. The minimum absolute atomic E-state index is 0. The van der Waals surface area contributed by atoms with Crippen molar-refractivity contribution in [1.82, 2.24) is 9.88 Å². The monoisotopic (exact) mass is 431 g/mol. The first-order valence-electron chi connectivity index (χ1n) is 9.68. The van der Waals surface area contributed by atoms with Gasteiger partial charge >= 0.3 is 0 Å². The fourth-order valence-electron chi connectivity index (χ4n) is 3.36. The number of nitrogens with zero attached hydrogens (tertiary/aromatic N) is 3. The summed E-state index contributed by atoms with van der Waals surface area (Å²) in [6, 6.07) is 10.2. The number of thiazole rings is 1. The number of aromatic nitrogens is 1. The number of benzene rings is 2. The van der Waals surface area contributed by atoms with E-state index in [1.165, 1.54) is 16.7 Å². The molecule has 3 aromatic rings. The number of carbonyl (C=O) groups excluding carboxylic acids is 1. The minimum Gasteiger partial charge on any atom is -0.309 e. The number of rotatable bonds is 6. The molecule has 0 spiro atoms. The molecule has 2 aromatic carbocycles. The lowest BCUT2D eigenvalue weighted by Gasteiger charge is -2.22. The van der Waals surface area contributed by atoms with Crippen LogP contribution in [0.5, 0.6) is 0 Å². The van der Waals surface area contributed by atoms with Gasteiger partial charge in [0.05, 0.1) is 10.2 Å². The average molecular weight is 432 g/mol. The summed E-state index contributed by atoms with van der Waals surface area (Å²) in [5.74, 6) is 0.0321. The number of hydrogen-bond acceptors (Lipinski definition) is 4. The van der Waals surface area contributed by atoms with Crippen molar-refractivity contribution in [2.75, 3.05) is 32.1 Å². The Kier molecular flexibility index (Phi) is 7.80. The Morgan fingerprint density at radius 3 is 2.38 bits per heavy atom. The molecule has 1 amide bonds. The Morgan fingerprint density at radius 2 is 1.72 bits per heavy atom. The molecule has 0 fully saturated rings. The number of fused-ring (bicyclic) bond motifs is 1. The van der Waals surface area contributed by atoms with Gasteiger partial charge in [0, 0.05) is 12.1 Å². The normalized spacial score (nSPS) is 11.0. The fraction of sp³-hybridized carbons (Fsp3) is 0.391. The van der Waals surface area contributed by atoms with Crippen LogP contribution in [-0.4, -0.2) is 43.0 Å². The second-order valence-corrected chi connectivity index (χ2v) is 8.79. The van der Waals surface area contributed by atoms with E-state index in [2.05, 4.69) is 58.0 Å². The fourth-order valence-corrected chi connectivity index (χ4v) is 4.41. The zero-order valence-electron chi connectivity index (χ0n) is 18.1. The van der Waals surface area contributed by atoms with Crippen molar-refractivity contribution in [3.63, 3.8) is 0 Å². The van der Waals surface area contributed by atoms with Gasteiger partial charge in [-0.2, -0.15) is 0 Å². The van der Waals surface area contributed by atoms with Gasteiger partial charge in [-0.15, -0.1) is 12.4 Å². The highest BCUT2D eigenvalue weighted by atomic mass is 35.5. The number of carbonyl (C=O) groups is 1. The summed E-state index contributed by atoms with van der Waals surface area (Å²) in [7, 11) is 4.11. The van der Waals surface area contributed by atoms with E-state index in [0.717, 1.165) is 39.4 Å². The van der Waals surface area contributed by atoms with Gasteiger partial charge in [-0.05, 0) is 83.6 Å². The van der Waals surface area contributed by atoms with Crippen LogP contribution in [0.2, 0.25) is 0 Å². The van der Waals surface area contributed by atoms with Crippen molar-refractivity contribution in [1.29, 1.82) is 0 Å². The van der Waals surface area contributed by atoms with E-state index in [9.17, 15) is 4.79 Å². The molecule has 0 N–H and O–H groups in total.